The van der Waals surface area contributed by atoms with Crippen LogP contribution in [0, 0.1) is 0 Å². The van der Waals surface area contributed by atoms with Gasteiger partial charge in [0, 0.05) is 12.1 Å². The Morgan fingerprint density at radius 1 is 1.25 bits per heavy atom. The molecule has 1 aliphatic rings. The van der Waals surface area contributed by atoms with Crippen molar-refractivity contribution in [3.05, 3.63) is 42.0 Å². The number of benzene rings is 2. The number of nitrogens with one attached hydrogen (secondary N) is 1. The van der Waals surface area contributed by atoms with Crippen LogP contribution >= 0.6 is 0 Å². The van der Waals surface area contributed by atoms with Gasteiger partial charge in [-0.05, 0) is 49.7 Å². The second-order valence-electron chi connectivity index (χ2n) is 6.50. The van der Waals surface area contributed by atoms with Crippen molar-refractivity contribution in [1.82, 2.24) is 10.2 Å². The number of piperidine rings is 1. The number of rotatable bonds is 5. The van der Waals surface area contributed by atoms with Crippen LogP contribution in [0.15, 0.2) is 36.4 Å². The molecule has 3 rings (SSSR count). The maximum Gasteiger partial charge on any atom is 0.237 e. The van der Waals surface area contributed by atoms with Gasteiger partial charge in [0.25, 0.3) is 0 Å². The van der Waals surface area contributed by atoms with Gasteiger partial charge in [0.05, 0.1) is 13.2 Å². The topological polar surface area (TPSA) is 41.6 Å². The van der Waals surface area contributed by atoms with E-state index in [0.29, 0.717) is 6.54 Å². The molecule has 1 heterocycles. The lowest BCUT2D eigenvalue weighted by Gasteiger charge is -2.31. The molecule has 1 fully saturated rings. The van der Waals surface area contributed by atoms with Crippen LogP contribution in [0.4, 0.5) is 0 Å². The molecule has 0 radical (unpaired) electrons. The number of fused-ring (bicyclic) bond motifs is 1. The number of likely N-dealkylation sites (tertiary alicyclic amines) is 1. The first-order chi connectivity index (χ1) is 11.7. The summed E-state index contributed by atoms with van der Waals surface area (Å²) >= 11 is 0. The predicted octanol–water partition coefficient (Wildman–Crippen LogP) is 2.99. The number of nitrogens with zero attached hydrogens (tertiary/aromatic N) is 1. The lowest BCUT2D eigenvalue weighted by molar-refractivity contribution is -0.126. The van der Waals surface area contributed by atoms with Crippen LogP contribution in [0.1, 0.15) is 24.8 Å². The summed E-state index contributed by atoms with van der Waals surface area (Å²) in [6.45, 7) is 1.64. The Balaban J connectivity index is 1.68. The molecule has 4 nitrogen and oxygen atoms in total. The third-order valence-electron chi connectivity index (χ3n) is 4.96. The number of likely N-dealkylation sites (N-methyl/N-ethyl adjacent to an activating group) is 1. The Morgan fingerprint density at radius 3 is 2.88 bits per heavy atom. The van der Waals surface area contributed by atoms with Crippen molar-refractivity contribution in [1.29, 1.82) is 0 Å². The molecule has 4 heteroatoms. The Hall–Kier alpha value is -2.07. The molecule has 1 atom stereocenters. The summed E-state index contributed by atoms with van der Waals surface area (Å²) in [6, 6.07) is 12.4. The smallest absolute Gasteiger partial charge is 0.237 e. The highest BCUT2D eigenvalue weighted by Crippen LogP contribution is 2.28. The summed E-state index contributed by atoms with van der Waals surface area (Å²) in [5.74, 6) is 1.04. The zero-order valence-corrected chi connectivity index (χ0v) is 14.5. The first-order valence-corrected chi connectivity index (χ1v) is 8.73. The fraction of sp³-hybridized carbons (Fsp3) is 0.450. The van der Waals surface area contributed by atoms with E-state index in [1.54, 1.807) is 7.11 Å². The molecular formula is C20H26N2O2. The number of hydrogen-bond donors (Lipinski definition) is 1. The number of hydrogen-bond acceptors (Lipinski definition) is 3. The Morgan fingerprint density at radius 2 is 2.08 bits per heavy atom. The zero-order valence-electron chi connectivity index (χ0n) is 14.5. The van der Waals surface area contributed by atoms with Gasteiger partial charge in [-0.3, -0.25) is 9.69 Å². The average Bonchev–Trinajstić information content (AvgIpc) is 2.62. The van der Waals surface area contributed by atoms with Crippen molar-refractivity contribution in [2.75, 3.05) is 27.2 Å². The summed E-state index contributed by atoms with van der Waals surface area (Å²) in [5, 5.41) is 5.51. The second-order valence-corrected chi connectivity index (χ2v) is 6.50. The molecule has 0 saturated carbocycles. The number of methoxy groups -OCH3 is 1. The third-order valence-corrected chi connectivity index (χ3v) is 4.96. The van der Waals surface area contributed by atoms with Crippen molar-refractivity contribution in [3.8, 4) is 5.75 Å². The third kappa shape index (κ3) is 3.54. The van der Waals surface area contributed by atoms with Gasteiger partial charge in [-0.2, -0.15) is 0 Å². The lowest BCUT2D eigenvalue weighted by Crippen LogP contribution is -2.47. The van der Waals surface area contributed by atoms with E-state index in [0.717, 1.165) is 37.1 Å². The SMILES string of the molecule is COc1ccc2ccccc2c1CCNC(=O)[C@@H]1CCCCN1C. The molecule has 24 heavy (non-hydrogen) atoms. The standard InChI is InChI=1S/C20H26N2O2/c1-22-14-6-5-9-18(22)20(23)21-13-12-17-16-8-4-3-7-15(16)10-11-19(17)24-2/h3-4,7-8,10-11,18H,5-6,9,12-14H2,1-2H3,(H,21,23)/t18-/m0/s1. The molecule has 1 N–H and O–H groups in total. The lowest BCUT2D eigenvalue weighted by atomic mass is 10.0. The molecule has 0 bridgehead atoms. The van der Waals surface area contributed by atoms with Gasteiger partial charge >= 0.3 is 0 Å². The number of amides is 1. The van der Waals surface area contributed by atoms with E-state index in [1.165, 1.54) is 17.2 Å². The van der Waals surface area contributed by atoms with E-state index in [2.05, 4.69) is 28.4 Å². The van der Waals surface area contributed by atoms with E-state index in [9.17, 15) is 4.79 Å². The highest BCUT2D eigenvalue weighted by molar-refractivity contribution is 5.88. The van der Waals surface area contributed by atoms with Gasteiger partial charge in [-0.1, -0.05) is 36.8 Å². The van der Waals surface area contributed by atoms with Gasteiger partial charge in [0.2, 0.25) is 5.91 Å². The molecule has 128 valence electrons. The van der Waals surface area contributed by atoms with Crippen LogP contribution in [-0.4, -0.2) is 44.1 Å². The van der Waals surface area contributed by atoms with Gasteiger partial charge in [-0.15, -0.1) is 0 Å². The van der Waals surface area contributed by atoms with Crippen LogP contribution in [-0.2, 0) is 11.2 Å². The predicted molar refractivity (Wildman–Crippen MR) is 97.5 cm³/mol. The van der Waals surface area contributed by atoms with Gasteiger partial charge < -0.3 is 10.1 Å². The molecule has 2 aromatic rings. The molecule has 0 spiro atoms. The molecular weight excluding hydrogens is 300 g/mol. The maximum absolute atomic E-state index is 12.4. The fourth-order valence-corrected chi connectivity index (χ4v) is 3.60. The highest BCUT2D eigenvalue weighted by Gasteiger charge is 2.25. The fourth-order valence-electron chi connectivity index (χ4n) is 3.60. The number of carbonyl (C=O) groups is 1. The molecule has 1 aliphatic heterocycles. The van der Waals surface area contributed by atoms with Gasteiger partial charge in [-0.25, -0.2) is 0 Å². The van der Waals surface area contributed by atoms with Crippen molar-refractivity contribution >= 4 is 16.7 Å². The summed E-state index contributed by atoms with van der Waals surface area (Å²) < 4.78 is 5.52. The molecule has 0 unspecified atom stereocenters. The molecule has 2 aromatic carbocycles. The van der Waals surface area contributed by atoms with Crippen molar-refractivity contribution in [2.45, 2.75) is 31.7 Å². The zero-order chi connectivity index (χ0) is 16.9. The van der Waals surface area contributed by atoms with Crippen molar-refractivity contribution < 1.29 is 9.53 Å². The first kappa shape index (κ1) is 16.8. The minimum Gasteiger partial charge on any atom is -0.496 e. The van der Waals surface area contributed by atoms with Crippen LogP contribution < -0.4 is 10.1 Å². The molecule has 1 amide bonds. The summed E-state index contributed by atoms with van der Waals surface area (Å²) in [4.78, 5) is 14.6. The van der Waals surface area contributed by atoms with E-state index in [4.69, 9.17) is 4.74 Å². The summed E-state index contributed by atoms with van der Waals surface area (Å²) in [7, 11) is 3.74. The quantitative estimate of drug-likeness (QED) is 0.918. The van der Waals surface area contributed by atoms with E-state index < -0.39 is 0 Å². The number of ether oxygens (including phenoxy) is 1. The molecule has 1 saturated heterocycles. The van der Waals surface area contributed by atoms with E-state index in [-0.39, 0.29) is 11.9 Å². The number of carbonyl (C=O) groups excluding carboxylic acids is 1. The highest BCUT2D eigenvalue weighted by atomic mass is 16.5. The Kier molecular flexibility index (Phi) is 5.36. The average molecular weight is 326 g/mol. The Labute approximate surface area is 143 Å². The van der Waals surface area contributed by atoms with Gasteiger partial charge in [0.1, 0.15) is 5.75 Å². The largest absolute Gasteiger partial charge is 0.496 e. The van der Waals surface area contributed by atoms with Crippen LogP contribution in [0.5, 0.6) is 5.75 Å². The second kappa shape index (κ2) is 7.67. The normalized spacial score (nSPS) is 18.5. The molecule has 0 aliphatic carbocycles. The monoisotopic (exact) mass is 326 g/mol. The maximum atomic E-state index is 12.4. The van der Waals surface area contributed by atoms with Crippen LogP contribution in [0.2, 0.25) is 0 Å². The van der Waals surface area contributed by atoms with Gasteiger partial charge in [0.15, 0.2) is 0 Å². The summed E-state index contributed by atoms with van der Waals surface area (Å²) in [5.41, 5.74) is 1.16. The van der Waals surface area contributed by atoms with E-state index in [1.807, 2.05) is 25.2 Å². The van der Waals surface area contributed by atoms with Crippen molar-refractivity contribution in [2.24, 2.45) is 0 Å². The van der Waals surface area contributed by atoms with Crippen LogP contribution in [0.25, 0.3) is 10.8 Å². The minimum absolute atomic E-state index is 0.0214. The summed E-state index contributed by atoms with van der Waals surface area (Å²) in [6.07, 6.45) is 4.06. The van der Waals surface area contributed by atoms with E-state index >= 15 is 0 Å². The van der Waals surface area contributed by atoms with Crippen molar-refractivity contribution in [3.63, 3.8) is 0 Å². The Bertz CT molecular complexity index is 714. The molecule has 0 aromatic heterocycles. The van der Waals surface area contributed by atoms with Crippen LogP contribution in [0.3, 0.4) is 0 Å². The first-order valence-electron chi connectivity index (χ1n) is 8.73. The minimum atomic E-state index is 0.0214.